The summed E-state index contributed by atoms with van der Waals surface area (Å²) in [5, 5.41) is 17.7. The molecule has 1 unspecified atom stereocenters. The van der Waals surface area contributed by atoms with Crippen LogP contribution in [0, 0.1) is 5.41 Å². The summed E-state index contributed by atoms with van der Waals surface area (Å²) in [7, 11) is 1.40. The molecule has 0 bridgehead atoms. The van der Waals surface area contributed by atoms with Crippen molar-refractivity contribution < 1.29 is 14.6 Å². The van der Waals surface area contributed by atoms with Crippen molar-refractivity contribution in [2.45, 2.75) is 26.4 Å². The molecule has 3 rings (SSSR count). The number of carbonyl (C=O) groups excluding carboxylic acids is 1. The second kappa shape index (κ2) is 7.32. The summed E-state index contributed by atoms with van der Waals surface area (Å²) in [5.41, 5.74) is 3.55. The van der Waals surface area contributed by atoms with E-state index in [1.165, 1.54) is 7.11 Å². The lowest BCUT2D eigenvalue weighted by Crippen LogP contribution is -2.33. The smallest absolute Gasteiger partial charge is 0.312 e. The van der Waals surface area contributed by atoms with Gasteiger partial charge in [-0.2, -0.15) is 2.90 Å². The summed E-state index contributed by atoms with van der Waals surface area (Å²) in [4.78, 5) is 12.5. The maximum atomic E-state index is 12.5. The number of esters is 1. The van der Waals surface area contributed by atoms with E-state index < -0.39 is 5.41 Å². The van der Waals surface area contributed by atoms with Gasteiger partial charge in [0.2, 0.25) is 0 Å². The third kappa shape index (κ3) is 3.33. The molecule has 3 aromatic rings. The predicted molar refractivity (Wildman–Crippen MR) is 107 cm³/mol. The van der Waals surface area contributed by atoms with Crippen molar-refractivity contribution in [2.75, 3.05) is 7.11 Å². The van der Waals surface area contributed by atoms with Crippen LogP contribution in [-0.4, -0.2) is 31.4 Å². The van der Waals surface area contributed by atoms with Crippen LogP contribution in [0.25, 0.3) is 11.0 Å². The number of benzene rings is 2. The maximum Gasteiger partial charge on any atom is 0.312 e. The molecule has 0 aliphatic rings. The van der Waals surface area contributed by atoms with Crippen LogP contribution in [-0.2, 0) is 16.1 Å². The molecule has 136 valence electrons. The Morgan fingerprint density at radius 3 is 2.69 bits per heavy atom. The highest BCUT2D eigenvalue weighted by Gasteiger charge is 2.40. The first-order valence-electron chi connectivity index (χ1n) is 8.18. The second-order valence-electron chi connectivity index (χ2n) is 6.75. The van der Waals surface area contributed by atoms with Crippen LogP contribution in [0.3, 0.4) is 0 Å². The number of fused-ring (bicyclic) bond motifs is 1. The van der Waals surface area contributed by atoms with E-state index in [9.17, 15) is 9.90 Å². The van der Waals surface area contributed by atoms with Crippen LogP contribution in [0.1, 0.15) is 36.5 Å². The van der Waals surface area contributed by atoms with Crippen LogP contribution in [0.15, 0.2) is 42.5 Å². The molecule has 0 fully saturated rings. The van der Waals surface area contributed by atoms with E-state index in [-0.39, 0.29) is 18.5 Å². The van der Waals surface area contributed by atoms with Gasteiger partial charge in [0.15, 0.2) is 0 Å². The SMILES string of the molecule is COC(=O)C(C)(C)C(c1cccc(CO)c1)c1ccc2c(c1)nnn2I. The van der Waals surface area contributed by atoms with Gasteiger partial charge in [-0.15, -0.1) is 5.10 Å². The molecular formula is C19H20IN3O3. The van der Waals surface area contributed by atoms with Gasteiger partial charge in [0, 0.05) is 5.92 Å². The van der Waals surface area contributed by atoms with E-state index in [4.69, 9.17) is 4.74 Å². The van der Waals surface area contributed by atoms with Gasteiger partial charge >= 0.3 is 5.97 Å². The highest BCUT2D eigenvalue weighted by Crippen LogP contribution is 2.42. The summed E-state index contributed by atoms with van der Waals surface area (Å²) >= 11 is 2.08. The van der Waals surface area contributed by atoms with Crippen molar-refractivity contribution in [1.82, 2.24) is 13.2 Å². The zero-order valence-electron chi connectivity index (χ0n) is 14.8. The first-order valence-corrected chi connectivity index (χ1v) is 9.14. The number of aromatic nitrogens is 3. The molecule has 7 heteroatoms. The van der Waals surface area contributed by atoms with Gasteiger partial charge in [-0.25, -0.2) is 0 Å². The van der Waals surface area contributed by atoms with Gasteiger partial charge in [-0.1, -0.05) is 35.5 Å². The Bertz CT molecular complexity index is 952. The fourth-order valence-electron chi connectivity index (χ4n) is 3.37. The molecule has 1 atom stereocenters. The predicted octanol–water partition coefficient (Wildman–Crippen LogP) is 3.45. The number of aliphatic hydroxyl groups excluding tert-OH is 1. The van der Waals surface area contributed by atoms with Crippen molar-refractivity contribution in [1.29, 1.82) is 0 Å². The van der Waals surface area contributed by atoms with Crippen LogP contribution in [0.4, 0.5) is 0 Å². The van der Waals surface area contributed by atoms with Gasteiger partial charge in [-0.3, -0.25) is 4.79 Å². The molecule has 26 heavy (non-hydrogen) atoms. The number of hydrogen-bond donors (Lipinski definition) is 1. The van der Waals surface area contributed by atoms with Crippen molar-refractivity contribution in [3.8, 4) is 0 Å². The second-order valence-corrected chi connectivity index (χ2v) is 7.66. The van der Waals surface area contributed by atoms with E-state index in [2.05, 4.69) is 33.2 Å². The number of halogens is 1. The quantitative estimate of drug-likeness (QED) is 0.462. The van der Waals surface area contributed by atoms with Gasteiger partial charge in [-0.05, 0) is 42.7 Å². The summed E-state index contributed by atoms with van der Waals surface area (Å²) in [6.07, 6.45) is 0. The molecule has 0 saturated heterocycles. The lowest BCUT2D eigenvalue weighted by Gasteiger charge is -2.33. The topological polar surface area (TPSA) is 77.2 Å². The minimum Gasteiger partial charge on any atom is -0.469 e. The molecule has 6 nitrogen and oxygen atoms in total. The monoisotopic (exact) mass is 465 g/mol. The molecule has 1 heterocycles. The number of hydrogen-bond acceptors (Lipinski definition) is 5. The lowest BCUT2D eigenvalue weighted by atomic mass is 9.71. The molecule has 0 amide bonds. The largest absolute Gasteiger partial charge is 0.469 e. The van der Waals surface area contributed by atoms with Crippen molar-refractivity contribution >= 4 is 39.9 Å². The number of methoxy groups -OCH3 is 1. The highest BCUT2D eigenvalue weighted by molar-refractivity contribution is 14.1. The Kier molecular flexibility index (Phi) is 5.29. The average molecular weight is 465 g/mol. The number of rotatable bonds is 5. The summed E-state index contributed by atoms with van der Waals surface area (Å²) in [6.45, 7) is 3.68. The number of nitrogens with zero attached hydrogens (tertiary/aromatic N) is 3. The molecule has 0 spiro atoms. The Balaban J connectivity index is 2.19. The highest BCUT2D eigenvalue weighted by atomic mass is 127. The Hall–Kier alpha value is -2.00. The van der Waals surface area contributed by atoms with Crippen LogP contribution >= 0.6 is 22.9 Å². The first kappa shape index (κ1) is 18.8. The van der Waals surface area contributed by atoms with E-state index in [0.717, 1.165) is 27.7 Å². The van der Waals surface area contributed by atoms with Gasteiger partial charge < -0.3 is 9.84 Å². The fourth-order valence-corrected chi connectivity index (χ4v) is 3.87. The number of aliphatic hydroxyl groups is 1. The van der Waals surface area contributed by atoms with Crippen molar-refractivity contribution in [3.05, 3.63) is 59.2 Å². The van der Waals surface area contributed by atoms with E-state index in [1.54, 1.807) is 2.90 Å². The van der Waals surface area contributed by atoms with Crippen LogP contribution in [0.5, 0.6) is 0 Å². The minimum atomic E-state index is -0.809. The van der Waals surface area contributed by atoms with Gasteiger partial charge in [0.1, 0.15) is 11.0 Å². The normalized spacial score (nSPS) is 13.0. The zero-order chi connectivity index (χ0) is 18.9. The number of ether oxygens (including phenoxy) is 1. The molecule has 0 aliphatic carbocycles. The van der Waals surface area contributed by atoms with E-state index in [0.29, 0.717) is 0 Å². The average Bonchev–Trinajstić information content (AvgIpc) is 3.01. The molecule has 1 aromatic heterocycles. The molecule has 0 radical (unpaired) electrons. The Labute approximate surface area is 165 Å². The van der Waals surface area contributed by atoms with Crippen LogP contribution < -0.4 is 0 Å². The van der Waals surface area contributed by atoms with E-state index >= 15 is 0 Å². The van der Waals surface area contributed by atoms with Crippen LogP contribution in [0.2, 0.25) is 0 Å². The molecule has 1 N–H and O–H groups in total. The Morgan fingerprint density at radius 2 is 2.00 bits per heavy atom. The molecular weight excluding hydrogens is 445 g/mol. The molecule has 2 aromatic carbocycles. The first-order chi connectivity index (χ1) is 12.4. The summed E-state index contributed by atoms with van der Waals surface area (Å²) in [5.74, 6) is -0.556. The van der Waals surface area contributed by atoms with E-state index in [1.807, 2.05) is 56.3 Å². The molecule has 0 aliphatic heterocycles. The van der Waals surface area contributed by atoms with Crippen molar-refractivity contribution in [2.24, 2.45) is 5.41 Å². The minimum absolute atomic E-state index is 0.0542. The standard InChI is InChI=1S/C19H20IN3O3/c1-19(2,18(25)26-3)17(13-6-4-5-12(9-13)11-24)14-7-8-16-15(10-14)21-22-23(16)20/h4-10,17,24H,11H2,1-3H3. The zero-order valence-corrected chi connectivity index (χ0v) is 17.0. The van der Waals surface area contributed by atoms with Gasteiger partial charge in [0.25, 0.3) is 0 Å². The molecule has 0 saturated carbocycles. The lowest BCUT2D eigenvalue weighted by molar-refractivity contribution is -0.151. The van der Waals surface area contributed by atoms with Crippen molar-refractivity contribution in [3.63, 3.8) is 0 Å². The number of carbonyl (C=O) groups is 1. The fraction of sp³-hybridized carbons (Fsp3) is 0.316. The maximum absolute atomic E-state index is 12.5. The van der Waals surface area contributed by atoms with Gasteiger partial charge in [0.05, 0.1) is 42.0 Å². The Morgan fingerprint density at radius 1 is 1.27 bits per heavy atom. The third-order valence-electron chi connectivity index (χ3n) is 4.66. The third-order valence-corrected chi connectivity index (χ3v) is 5.38. The summed E-state index contributed by atoms with van der Waals surface area (Å²) < 4.78 is 6.75. The summed E-state index contributed by atoms with van der Waals surface area (Å²) in [6, 6.07) is 13.5.